The average molecular weight is 421 g/mol. The van der Waals surface area contributed by atoms with Crippen LogP contribution in [0.5, 0.6) is 5.75 Å². The molecule has 1 aliphatic rings. The van der Waals surface area contributed by atoms with Crippen molar-refractivity contribution in [2.45, 2.75) is 25.0 Å². The lowest BCUT2D eigenvalue weighted by atomic mass is 9.87. The lowest BCUT2D eigenvalue weighted by molar-refractivity contribution is -0.0199. The number of carboxylic acid groups (broad SMARTS) is 1. The second kappa shape index (κ2) is 9.81. The monoisotopic (exact) mass is 421 g/mol. The Bertz CT molecular complexity index is 1040. The molecule has 3 aromatic rings. The molecule has 6 heteroatoms. The Hall–Kier alpha value is -3.09. The third-order valence-electron chi connectivity index (χ3n) is 5.75. The number of fused-ring (bicyclic) bond motifs is 1. The van der Waals surface area contributed by atoms with Gasteiger partial charge >= 0.3 is 6.09 Å². The van der Waals surface area contributed by atoms with Gasteiger partial charge in [0.25, 0.3) is 0 Å². The summed E-state index contributed by atoms with van der Waals surface area (Å²) in [7, 11) is 0. The number of piperidine rings is 1. The van der Waals surface area contributed by atoms with Crippen molar-refractivity contribution in [1.29, 1.82) is 0 Å². The summed E-state index contributed by atoms with van der Waals surface area (Å²) < 4.78 is 11.9. The van der Waals surface area contributed by atoms with Gasteiger partial charge in [-0.3, -0.25) is 0 Å². The number of likely N-dealkylation sites (tertiary alicyclic amines) is 1. The number of hydrogen-bond donors (Lipinski definition) is 2. The molecule has 1 fully saturated rings. The van der Waals surface area contributed by atoms with E-state index in [9.17, 15) is 9.90 Å². The number of hydrogen-bond acceptors (Lipinski definition) is 4. The van der Waals surface area contributed by atoms with Crippen molar-refractivity contribution in [3.05, 3.63) is 77.9 Å². The Morgan fingerprint density at radius 1 is 1.03 bits per heavy atom. The minimum absolute atomic E-state index is 0.0429. The molecule has 1 aliphatic heterocycles. The van der Waals surface area contributed by atoms with Gasteiger partial charge in [0.2, 0.25) is 0 Å². The highest BCUT2D eigenvalue weighted by atomic mass is 16.5. The smallest absolute Gasteiger partial charge is 0.407 e. The molecule has 162 valence electrons. The first-order valence-corrected chi connectivity index (χ1v) is 10.5. The Kier molecular flexibility index (Phi) is 6.70. The molecule has 0 bridgehead atoms. The van der Waals surface area contributed by atoms with Gasteiger partial charge in [0.05, 0.1) is 25.9 Å². The summed E-state index contributed by atoms with van der Waals surface area (Å²) in [5.41, 5.74) is 2.12. The molecule has 1 saturated heterocycles. The van der Waals surface area contributed by atoms with E-state index in [4.69, 9.17) is 14.6 Å². The van der Waals surface area contributed by atoms with Gasteiger partial charge in [-0.15, -0.1) is 0 Å². The highest BCUT2D eigenvalue weighted by molar-refractivity contribution is 5.82. The van der Waals surface area contributed by atoms with Crippen LogP contribution in [0.2, 0.25) is 0 Å². The van der Waals surface area contributed by atoms with Crippen molar-refractivity contribution in [1.82, 2.24) is 4.90 Å². The summed E-state index contributed by atoms with van der Waals surface area (Å²) >= 11 is 0. The topological polar surface area (TPSA) is 79.2 Å². The quantitative estimate of drug-likeness (QED) is 0.596. The number of rotatable bonds is 7. The second-order valence-corrected chi connectivity index (χ2v) is 7.80. The Morgan fingerprint density at radius 2 is 1.87 bits per heavy atom. The van der Waals surface area contributed by atoms with Crippen LogP contribution >= 0.6 is 0 Å². The van der Waals surface area contributed by atoms with Gasteiger partial charge in [-0.1, -0.05) is 48.5 Å². The van der Waals surface area contributed by atoms with Gasteiger partial charge in [-0.25, -0.2) is 4.79 Å². The van der Waals surface area contributed by atoms with Crippen LogP contribution in [0, 0.1) is 0 Å². The van der Waals surface area contributed by atoms with Crippen LogP contribution in [-0.2, 0) is 11.3 Å². The third kappa shape index (κ3) is 5.16. The van der Waals surface area contributed by atoms with Crippen LogP contribution in [-0.4, -0.2) is 53.6 Å². The molecular weight excluding hydrogens is 394 g/mol. The average Bonchev–Trinajstić information content (AvgIpc) is 2.81. The van der Waals surface area contributed by atoms with E-state index in [1.807, 2.05) is 36.4 Å². The van der Waals surface area contributed by atoms with Crippen LogP contribution < -0.4 is 4.74 Å². The second-order valence-electron chi connectivity index (χ2n) is 7.80. The van der Waals surface area contributed by atoms with Gasteiger partial charge in [0.15, 0.2) is 0 Å². The minimum atomic E-state index is -0.919. The van der Waals surface area contributed by atoms with Crippen molar-refractivity contribution in [3.63, 3.8) is 0 Å². The van der Waals surface area contributed by atoms with E-state index < -0.39 is 6.09 Å². The standard InChI is InChI=1S/C25H27NO5/c27-12-13-30-22-7-3-6-21(15-22)23-10-11-26(25(28)29)16-24(23)31-17-18-8-9-19-4-1-2-5-20(19)14-18/h1-9,14-15,23-24,27H,10-13,16-17H2,(H,28,29). The summed E-state index contributed by atoms with van der Waals surface area (Å²) in [5.74, 6) is 0.759. The fourth-order valence-electron chi connectivity index (χ4n) is 4.17. The molecule has 0 spiro atoms. The highest BCUT2D eigenvalue weighted by Gasteiger charge is 2.33. The summed E-state index contributed by atoms with van der Waals surface area (Å²) in [6.45, 7) is 1.41. The van der Waals surface area contributed by atoms with Gasteiger partial charge in [-0.2, -0.15) is 0 Å². The molecule has 31 heavy (non-hydrogen) atoms. The molecule has 2 atom stereocenters. The molecule has 1 heterocycles. The maximum atomic E-state index is 11.6. The van der Waals surface area contributed by atoms with Crippen molar-refractivity contribution >= 4 is 16.9 Å². The summed E-state index contributed by atoms with van der Waals surface area (Å²) in [6.07, 6.45) is -0.500. The molecule has 6 nitrogen and oxygen atoms in total. The summed E-state index contributed by atoms with van der Waals surface area (Å²) in [5, 5.41) is 20.8. The molecule has 2 N–H and O–H groups in total. The minimum Gasteiger partial charge on any atom is -0.491 e. The van der Waals surface area contributed by atoms with Crippen molar-refractivity contribution in [2.75, 3.05) is 26.3 Å². The summed E-state index contributed by atoms with van der Waals surface area (Å²) in [6, 6.07) is 22.2. The zero-order chi connectivity index (χ0) is 21.6. The van der Waals surface area contributed by atoms with Crippen molar-refractivity contribution in [3.8, 4) is 5.75 Å². The van der Waals surface area contributed by atoms with E-state index in [1.54, 1.807) is 0 Å². The zero-order valence-electron chi connectivity index (χ0n) is 17.3. The van der Waals surface area contributed by atoms with Crippen molar-refractivity contribution in [2.24, 2.45) is 0 Å². The molecule has 0 aromatic heterocycles. The predicted molar refractivity (Wildman–Crippen MR) is 119 cm³/mol. The number of nitrogens with zero attached hydrogens (tertiary/aromatic N) is 1. The molecule has 3 aromatic carbocycles. The maximum Gasteiger partial charge on any atom is 0.407 e. The molecule has 2 unspecified atom stereocenters. The number of amides is 1. The number of ether oxygens (including phenoxy) is 2. The van der Waals surface area contributed by atoms with E-state index >= 15 is 0 Å². The summed E-state index contributed by atoms with van der Waals surface area (Å²) in [4.78, 5) is 13.0. The Morgan fingerprint density at radius 3 is 2.68 bits per heavy atom. The molecule has 0 radical (unpaired) electrons. The third-order valence-corrected chi connectivity index (χ3v) is 5.75. The molecule has 1 amide bonds. The molecule has 4 rings (SSSR count). The van der Waals surface area contributed by atoms with E-state index in [2.05, 4.69) is 30.3 Å². The van der Waals surface area contributed by atoms with Gasteiger partial charge in [0, 0.05) is 12.5 Å². The Balaban J connectivity index is 1.52. The van der Waals surface area contributed by atoms with E-state index in [-0.39, 0.29) is 25.2 Å². The van der Waals surface area contributed by atoms with Crippen LogP contribution in [0.15, 0.2) is 66.7 Å². The van der Waals surface area contributed by atoms with Crippen LogP contribution in [0.4, 0.5) is 4.79 Å². The van der Waals surface area contributed by atoms with Gasteiger partial charge in [-0.05, 0) is 46.5 Å². The van der Waals surface area contributed by atoms with E-state index in [0.717, 1.165) is 16.5 Å². The predicted octanol–water partition coefficient (Wildman–Crippen LogP) is 4.26. The lowest BCUT2D eigenvalue weighted by Gasteiger charge is -2.37. The van der Waals surface area contributed by atoms with Gasteiger partial charge in [0.1, 0.15) is 12.4 Å². The van der Waals surface area contributed by atoms with Gasteiger partial charge < -0.3 is 24.6 Å². The van der Waals surface area contributed by atoms with Crippen LogP contribution in [0.25, 0.3) is 10.8 Å². The normalized spacial score (nSPS) is 18.8. The first-order valence-electron chi connectivity index (χ1n) is 10.5. The molecule has 0 saturated carbocycles. The van der Waals surface area contributed by atoms with Crippen molar-refractivity contribution < 1.29 is 24.5 Å². The fourth-order valence-corrected chi connectivity index (χ4v) is 4.17. The number of aliphatic hydroxyl groups excluding tert-OH is 1. The lowest BCUT2D eigenvalue weighted by Crippen LogP contribution is -2.46. The maximum absolute atomic E-state index is 11.6. The number of carbonyl (C=O) groups is 1. The first-order chi connectivity index (χ1) is 15.1. The molecule has 0 aliphatic carbocycles. The van der Waals surface area contributed by atoms with Crippen LogP contribution in [0.1, 0.15) is 23.5 Å². The highest BCUT2D eigenvalue weighted by Crippen LogP contribution is 2.33. The number of benzene rings is 3. The van der Waals surface area contributed by atoms with E-state index in [1.165, 1.54) is 10.3 Å². The zero-order valence-corrected chi connectivity index (χ0v) is 17.3. The molecular formula is C25H27NO5. The van der Waals surface area contributed by atoms with Crippen LogP contribution in [0.3, 0.4) is 0 Å². The Labute approximate surface area is 181 Å². The number of aliphatic hydroxyl groups is 1. The fraction of sp³-hybridized carbons (Fsp3) is 0.320. The van der Waals surface area contributed by atoms with E-state index in [0.29, 0.717) is 31.9 Å². The SMILES string of the molecule is O=C(O)N1CCC(c2cccc(OCCO)c2)C(OCc2ccc3ccccc3c2)C1. The largest absolute Gasteiger partial charge is 0.491 e. The first kappa shape index (κ1) is 21.2.